The second-order valence-electron chi connectivity index (χ2n) is 4.82. The Hall–Kier alpha value is -2.08. The topological polar surface area (TPSA) is 68.0 Å². The summed E-state index contributed by atoms with van der Waals surface area (Å²) in [5, 5.41) is 13.6. The minimum Gasteiger partial charge on any atom is -0.390 e. The number of rotatable bonds is 5. The van der Waals surface area contributed by atoms with Crippen LogP contribution >= 0.6 is 0 Å². The van der Waals surface area contributed by atoms with E-state index in [0.717, 1.165) is 6.20 Å². The smallest absolute Gasteiger partial charge is 0.156 e. The molecule has 6 heteroatoms. The summed E-state index contributed by atoms with van der Waals surface area (Å²) in [4.78, 5) is 15.7. The van der Waals surface area contributed by atoms with Gasteiger partial charge in [0.2, 0.25) is 0 Å². The van der Waals surface area contributed by atoms with Gasteiger partial charge in [-0.05, 0) is 18.2 Å². The van der Waals surface area contributed by atoms with Crippen LogP contribution in [0.3, 0.4) is 0 Å². The maximum atomic E-state index is 12.8. The molecule has 0 saturated carbocycles. The van der Waals surface area contributed by atoms with Crippen LogP contribution in [0.2, 0.25) is 0 Å². The van der Waals surface area contributed by atoms with Crippen LogP contribution in [0.25, 0.3) is 11.4 Å². The standard InChI is InChI=1S/C14H16FN3O2/c1-9(2)14(20)7-18-11(8-19)5-13(17-18)12-4-3-10(15)6-16-12/h3-6,9,19H,7-8H2,1-2H3. The molecule has 0 saturated heterocycles. The molecule has 0 atom stereocenters. The lowest BCUT2D eigenvalue weighted by Gasteiger charge is -2.06. The predicted octanol–water partition coefficient (Wildman–Crippen LogP) is 1.80. The number of aliphatic hydroxyl groups is 1. The molecule has 1 N–H and O–H groups in total. The van der Waals surface area contributed by atoms with E-state index in [4.69, 9.17) is 0 Å². The van der Waals surface area contributed by atoms with Gasteiger partial charge in [-0.3, -0.25) is 14.5 Å². The monoisotopic (exact) mass is 277 g/mol. The summed E-state index contributed by atoms with van der Waals surface area (Å²) >= 11 is 0. The summed E-state index contributed by atoms with van der Waals surface area (Å²) in [5.74, 6) is -0.495. The molecule has 0 aromatic carbocycles. The van der Waals surface area contributed by atoms with Crippen molar-refractivity contribution >= 4 is 5.78 Å². The highest BCUT2D eigenvalue weighted by atomic mass is 19.1. The molecule has 106 valence electrons. The molecule has 2 aromatic heterocycles. The van der Waals surface area contributed by atoms with Crippen LogP contribution in [0, 0.1) is 11.7 Å². The summed E-state index contributed by atoms with van der Waals surface area (Å²) in [6.45, 7) is 3.51. The van der Waals surface area contributed by atoms with Gasteiger partial charge in [0.25, 0.3) is 0 Å². The number of ketones is 1. The Morgan fingerprint density at radius 3 is 2.70 bits per heavy atom. The van der Waals surface area contributed by atoms with Crippen LogP contribution in [-0.2, 0) is 17.9 Å². The van der Waals surface area contributed by atoms with Gasteiger partial charge in [-0.25, -0.2) is 4.39 Å². The van der Waals surface area contributed by atoms with Crippen LogP contribution in [0.15, 0.2) is 24.4 Å². The van der Waals surface area contributed by atoms with Crippen molar-refractivity contribution < 1.29 is 14.3 Å². The van der Waals surface area contributed by atoms with Gasteiger partial charge in [0.1, 0.15) is 18.1 Å². The van der Waals surface area contributed by atoms with E-state index >= 15 is 0 Å². The van der Waals surface area contributed by atoms with E-state index in [1.54, 1.807) is 6.07 Å². The van der Waals surface area contributed by atoms with Gasteiger partial charge >= 0.3 is 0 Å². The average molecular weight is 277 g/mol. The van der Waals surface area contributed by atoms with Gasteiger partial charge in [0.05, 0.1) is 24.2 Å². The number of halogens is 1. The van der Waals surface area contributed by atoms with Gasteiger partial charge in [-0.1, -0.05) is 13.8 Å². The highest BCUT2D eigenvalue weighted by Crippen LogP contribution is 2.17. The highest BCUT2D eigenvalue weighted by molar-refractivity contribution is 5.80. The van der Waals surface area contributed by atoms with Crippen molar-refractivity contribution in [3.05, 3.63) is 35.9 Å². The summed E-state index contributed by atoms with van der Waals surface area (Å²) in [6.07, 6.45) is 1.10. The Bertz CT molecular complexity index is 605. The molecule has 20 heavy (non-hydrogen) atoms. The van der Waals surface area contributed by atoms with Crippen molar-refractivity contribution in [3.63, 3.8) is 0 Å². The van der Waals surface area contributed by atoms with Crippen molar-refractivity contribution in [2.45, 2.75) is 27.0 Å². The fourth-order valence-corrected chi connectivity index (χ4v) is 1.70. The first kappa shape index (κ1) is 14.3. The van der Waals surface area contributed by atoms with Crippen LogP contribution in [0.1, 0.15) is 19.5 Å². The number of hydrogen-bond donors (Lipinski definition) is 1. The number of Topliss-reactive ketones (excluding diaryl/α,β-unsaturated/α-hetero) is 1. The molecule has 5 nitrogen and oxygen atoms in total. The van der Waals surface area contributed by atoms with Crippen LogP contribution < -0.4 is 0 Å². The second kappa shape index (κ2) is 5.92. The number of aromatic nitrogens is 3. The van der Waals surface area contributed by atoms with E-state index in [1.807, 2.05) is 13.8 Å². The molecule has 2 heterocycles. The molecule has 0 bridgehead atoms. The van der Waals surface area contributed by atoms with E-state index in [0.29, 0.717) is 17.1 Å². The van der Waals surface area contributed by atoms with E-state index in [9.17, 15) is 14.3 Å². The lowest BCUT2D eigenvalue weighted by Crippen LogP contribution is -2.18. The van der Waals surface area contributed by atoms with E-state index in [2.05, 4.69) is 10.1 Å². The van der Waals surface area contributed by atoms with Crippen LogP contribution in [0.4, 0.5) is 4.39 Å². The molecule has 2 aromatic rings. The summed E-state index contributed by atoms with van der Waals surface area (Å²) in [5.41, 5.74) is 1.53. The normalized spacial score (nSPS) is 11.1. The average Bonchev–Trinajstić information content (AvgIpc) is 2.82. The molecule has 0 aliphatic rings. The van der Waals surface area contributed by atoms with Crippen molar-refractivity contribution in [2.24, 2.45) is 5.92 Å². The van der Waals surface area contributed by atoms with Crippen LogP contribution in [-0.4, -0.2) is 25.7 Å². The first-order valence-electron chi connectivity index (χ1n) is 6.33. The number of aliphatic hydroxyl groups excluding tert-OH is 1. The summed E-state index contributed by atoms with van der Waals surface area (Å²) in [6, 6.07) is 4.44. The number of nitrogens with zero attached hydrogens (tertiary/aromatic N) is 3. The maximum Gasteiger partial charge on any atom is 0.156 e. The molecule has 0 unspecified atom stereocenters. The van der Waals surface area contributed by atoms with E-state index in [1.165, 1.54) is 16.8 Å². The number of hydrogen-bond acceptors (Lipinski definition) is 4. The number of carbonyl (C=O) groups is 1. The van der Waals surface area contributed by atoms with Crippen LogP contribution in [0.5, 0.6) is 0 Å². The second-order valence-corrected chi connectivity index (χ2v) is 4.82. The Balaban J connectivity index is 2.31. The summed E-state index contributed by atoms with van der Waals surface area (Å²) < 4.78 is 14.3. The molecule has 0 aliphatic carbocycles. The van der Waals surface area contributed by atoms with Gasteiger partial charge in [0, 0.05) is 5.92 Å². The lowest BCUT2D eigenvalue weighted by molar-refractivity contribution is -0.122. The van der Waals surface area contributed by atoms with Gasteiger partial charge in [0.15, 0.2) is 5.78 Å². The van der Waals surface area contributed by atoms with Crippen molar-refractivity contribution in [1.82, 2.24) is 14.8 Å². The minimum absolute atomic E-state index is 0.0291. The molecule has 0 radical (unpaired) electrons. The quantitative estimate of drug-likeness (QED) is 0.905. The van der Waals surface area contributed by atoms with E-state index < -0.39 is 5.82 Å². The van der Waals surface area contributed by atoms with E-state index in [-0.39, 0.29) is 24.9 Å². The zero-order valence-electron chi connectivity index (χ0n) is 11.4. The number of pyridine rings is 1. The Morgan fingerprint density at radius 2 is 2.15 bits per heavy atom. The first-order valence-corrected chi connectivity index (χ1v) is 6.33. The largest absolute Gasteiger partial charge is 0.390 e. The van der Waals surface area contributed by atoms with Gasteiger partial charge in [-0.15, -0.1) is 0 Å². The maximum absolute atomic E-state index is 12.8. The third kappa shape index (κ3) is 3.08. The van der Waals surface area contributed by atoms with Gasteiger partial charge in [-0.2, -0.15) is 5.10 Å². The fraction of sp³-hybridized carbons (Fsp3) is 0.357. The minimum atomic E-state index is -0.425. The molecule has 2 rings (SSSR count). The Morgan fingerprint density at radius 1 is 1.40 bits per heavy atom. The molecular weight excluding hydrogens is 261 g/mol. The Kier molecular flexibility index (Phi) is 4.24. The predicted molar refractivity (Wildman–Crippen MR) is 71.2 cm³/mol. The Labute approximate surface area is 116 Å². The molecule has 0 aliphatic heterocycles. The third-order valence-corrected chi connectivity index (χ3v) is 2.96. The summed E-state index contributed by atoms with van der Waals surface area (Å²) in [7, 11) is 0. The lowest BCUT2D eigenvalue weighted by atomic mass is 10.1. The molecule has 0 spiro atoms. The third-order valence-electron chi connectivity index (χ3n) is 2.96. The molecular formula is C14H16FN3O2. The molecule has 0 fully saturated rings. The van der Waals surface area contributed by atoms with Crippen molar-refractivity contribution in [1.29, 1.82) is 0 Å². The number of carbonyl (C=O) groups excluding carboxylic acids is 1. The SMILES string of the molecule is CC(C)C(=O)Cn1nc(-c2ccc(F)cn2)cc1CO. The highest BCUT2D eigenvalue weighted by Gasteiger charge is 2.14. The van der Waals surface area contributed by atoms with Crippen molar-refractivity contribution in [2.75, 3.05) is 0 Å². The van der Waals surface area contributed by atoms with Crippen molar-refractivity contribution in [3.8, 4) is 11.4 Å². The van der Waals surface area contributed by atoms with Gasteiger partial charge < -0.3 is 5.11 Å². The zero-order valence-corrected chi connectivity index (χ0v) is 11.4. The first-order chi connectivity index (χ1) is 9.51. The molecule has 0 amide bonds. The zero-order chi connectivity index (χ0) is 14.7. The fourth-order valence-electron chi connectivity index (χ4n) is 1.70.